The van der Waals surface area contributed by atoms with Crippen LogP contribution in [0.3, 0.4) is 0 Å². The molecule has 2 N–H and O–H groups in total. The van der Waals surface area contributed by atoms with Crippen molar-refractivity contribution in [1.82, 2.24) is 4.90 Å². The second-order valence-corrected chi connectivity index (χ2v) is 7.41. The summed E-state index contributed by atoms with van der Waals surface area (Å²) in [6.07, 6.45) is 1.36. The molecule has 2 aromatic carbocycles. The van der Waals surface area contributed by atoms with E-state index in [0.29, 0.717) is 35.6 Å². The number of nitrogens with one attached hydrogen (secondary N) is 2. The Kier molecular flexibility index (Phi) is 5.22. The number of amides is 4. The third-order valence-corrected chi connectivity index (χ3v) is 5.26. The van der Waals surface area contributed by atoms with E-state index < -0.39 is 11.9 Å². The number of para-hydroxylation sites is 1. The van der Waals surface area contributed by atoms with Crippen molar-refractivity contribution in [3.05, 3.63) is 54.1 Å². The van der Waals surface area contributed by atoms with Gasteiger partial charge in [-0.2, -0.15) is 0 Å². The summed E-state index contributed by atoms with van der Waals surface area (Å²) in [5, 5.41) is 5.42. The van der Waals surface area contributed by atoms with E-state index in [1.165, 1.54) is 11.8 Å². The number of carbonyl (C=O) groups excluding carboxylic acids is 4. The average molecular weight is 406 g/mol. The molecule has 0 spiro atoms. The minimum atomic E-state index is -0.541. The molecule has 0 aromatic heterocycles. The third-order valence-electron chi connectivity index (χ3n) is 5.26. The number of nitrogens with zero attached hydrogens (tertiary/aromatic N) is 2. The lowest BCUT2D eigenvalue weighted by Crippen LogP contribution is -2.47. The number of anilines is 3. The van der Waals surface area contributed by atoms with Crippen molar-refractivity contribution in [2.24, 2.45) is 0 Å². The lowest BCUT2D eigenvalue weighted by atomic mass is 10.1. The number of hydrogen-bond acceptors (Lipinski definition) is 4. The highest BCUT2D eigenvalue weighted by molar-refractivity contribution is 6.13. The number of fused-ring (bicyclic) bond motifs is 2. The van der Waals surface area contributed by atoms with Crippen LogP contribution in [-0.2, 0) is 14.4 Å². The highest BCUT2D eigenvalue weighted by Crippen LogP contribution is 2.32. The molecule has 0 unspecified atom stereocenters. The first-order valence-corrected chi connectivity index (χ1v) is 9.83. The van der Waals surface area contributed by atoms with E-state index in [1.54, 1.807) is 53.4 Å². The summed E-state index contributed by atoms with van der Waals surface area (Å²) < 4.78 is 0. The topological polar surface area (TPSA) is 98.8 Å². The highest BCUT2D eigenvalue weighted by Gasteiger charge is 2.42. The Bertz CT molecular complexity index is 1040. The van der Waals surface area contributed by atoms with E-state index in [-0.39, 0.29) is 24.3 Å². The maximum Gasteiger partial charge on any atom is 0.256 e. The first-order valence-electron chi connectivity index (χ1n) is 9.83. The zero-order valence-corrected chi connectivity index (χ0v) is 16.6. The molecule has 8 nitrogen and oxygen atoms in total. The molecule has 154 valence electrons. The third kappa shape index (κ3) is 3.76. The SMILES string of the molecule is CC(=O)Nc1cccc(NC(=O)CN2C(=O)[C@@H]3CCCN3C(=O)c3ccccc32)c1. The number of benzene rings is 2. The fourth-order valence-corrected chi connectivity index (χ4v) is 3.99. The molecule has 0 aliphatic carbocycles. The van der Waals surface area contributed by atoms with Gasteiger partial charge in [-0.15, -0.1) is 0 Å². The number of hydrogen-bond donors (Lipinski definition) is 2. The quantitative estimate of drug-likeness (QED) is 0.813. The summed E-state index contributed by atoms with van der Waals surface area (Å²) in [4.78, 5) is 53.1. The van der Waals surface area contributed by atoms with Gasteiger partial charge >= 0.3 is 0 Å². The summed E-state index contributed by atoms with van der Waals surface area (Å²) in [7, 11) is 0. The summed E-state index contributed by atoms with van der Waals surface area (Å²) in [6, 6.07) is 13.1. The number of carbonyl (C=O) groups is 4. The molecular formula is C22H22N4O4. The van der Waals surface area contributed by atoms with E-state index in [1.807, 2.05) is 0 Å². The Labute approximate surface area is 173 Å². The van der Waals surface area contributed by atoms with Gasteiger partial charge in [0.05, 0.1) is 11.3 Å². The molecule has 2 aliphatic heterocycles. The summed E-state index contributed by atoms with van der Waals surface area (Å²) in [5.74, 6) is -1.02. The van der Waals surface area contributed by atoms with Crippen LogP contribution in [0.1, 0.15) is 30.1 Å². The monoisotopic (exact) mass is 406 g/mol. The van der Waals surface area contributed by atoms with Gasteiger partial charge in [-0.25, -0.2) is 0 Å². The van der Waals surface area contributed by atoms with Gasteiger partial charge in [0.25, 0.3) is 5.91 Å². The molecule has 0 bridgehead atoms. The van der Waals surface area contributed by atoms with Crippen LogP contribution in [0.4, 0.5) is 17.1 Å². The average Bonchev–Trinajstić information content (AvgIpc) is 3.18. The van der Waals surface area contributed by atoms with Crippen molar-refractivity contribution in [2.45, 2.75) is 25.8 Å². The molecule has 2 heterocycles. The van der Waals surface area contributed by atoms with Crippen molar-refractivity contribution in [2.75, 3.05) is 28.6 Å². The zero-order chi connectivity index (χ0) is 21.3. The zero-order valence-electron chi connectivity index (χ0n) is 16.6. The van der Waals surface area contributed by atoms with Crippen LogP contribution >= 0.6 is 0 Å². The molecule has 4 amide bonds. The molecule has 4 rings (SSSR count). The Hall–Kier alpha value is -3.68. The van der Waals surface area contributed by atoms with Crippen LogP contribution in [-0.4, -0.2) is 47.7 Å². The molecule has 1 saturated heterocycles. The smallest absolute Gasteiger partial charge is 0.256 e. The standard InChI is InChI=1S/C22H22N4O4/c1-14(27)23-15-6-4-7-16(12-15)24-20(28)13-26-18-9-3-2-8-17(18)21(29)25-11-5-10-19(25)22(26)30/h2-4,6-9,12,19H,5,10-11,13H2,1H3,(H,23,27)(H,24,28)/t19-/m0/s1. The Morgan fingerprint density at radius 1 is 1.03 bits per heavy atom. The van der Waals surface area contributed by atoms with Gasteiger partial charge < -0.3 is 20.4 Å². The first kappa shape index (κ1) is 19.6. The summed E-state index contributed by atoms with van der Waals surface area (Å²) in [6.45, 7) is 1.73. The van der Waals surface area contributed by atoms with Crippen LogP contribution in [0, 0.1) is 0 Å². The maximum absolute atomic E-state index is 13.2. The Morgan fingerprint density at radius 3 is 2.53 bits per heavy atom. The number of rotatable bonds is 4. The van der Waals surface area contributed by atoms with E-state index in [4.69, 9.17) is 0 Å². The first-order chi connectivity index (χ1) is 14.4. The second kappa shape index (κ2) is 7.98. The molecule has 2 aliphatic rings. The molecule has 0 radical (unpaired) electrons. The summed E-state index contributed by atoms with van der Waals surface area (Å²) in [5.41, 5.74) is 1.93. The second-order valence-electron chi connectivity index (χ2n) is 7.41. The van der Waals surface area contributed by atoms with Crippen molar-refractivity contribution in [1.29, 1.82) is 0 Å². The highest BCUT2D eigenvalue weighted by atomic mass is 16.2. The van der Waals surface area contributed by atoms with Gasteiger partial charge in [0.2, 0.25) is 17.7 Å². The van der Waals surface area contributed by atoms with Gasteiger partial charge in [0.15, 0.2) is 0 Å². The Balaban J connectivity index is 1.58. The van der Waals surface area contributed by atoms with Crippen LogP contribution in [0.5, 0.6) is 0 Å². The van der Waals surface area contributed by atoms with E-state index >= 15 is 0 Å². The van der Waals surface area contributed by atoms with Crippen LogP contribution in [0.25, 0.3) is 0 Å². The van der Waals surface area contributed by atoms with Crippen LogP contribution < -0.4 is 15.5 Å². The normalized spacial score (nSPS) is 17.8. The molecule has 1 fully saturated rings. The maximum atomic E-state index is 13.2. The van der Waals surface area contributed by atoms with Gasteiger partial charge in [-0.1, -0.05) is 18.2 Å². The van der Waals surface area contributed by atoms with Crippen molar-refractivity contribution >= 4 is 40.7 Å². The lowest BCUT2D eigenvalue weighted by Gasteiger charge is -2.25. The minimum absolute atomic E-state index is 0.174. The van der Waals surface area contributed by atoms with E-state index in [0.717, 1.165) is 6.42 Å². The minimum Gasteiger partial charge on any atom is -0.327 e. The molecule has 30 heavy (non-hydrogen) atoms. The predicted molar refractivity (Wildman–Crippen MR) is 112 cm³/mol. The van der Waals surface area contributed by atoms with Crippen LogP contribution in [0.2, 0.25) is 0 Å². The van der Waals surface area contributed by atoms with Gasteiger partial charge in [0, 0.05) is 24.8 Å². The largest absolute Gasteiger partial charge is 0.327 e. The van der Waals surface area contributed by atoms with Gasteiger partial charge in [0.1, 0.15) is 12.6 Å². The van der Waals surface area contributed by atoms with E-state index in [9.17, 15) is 19.2 Å². The lowest BCUT2D eigenvalue weighted by molar-refractivity contribution is -0.124. The molecular weight excluding hydrogens is 384 g/mol. The molecule has 1 atom stereocenters. The van der Waals surface area contributed by atoms with Gasteiger partial charge in [-0.3, -0.25) is 19.2 Å². The Morgan fingerprint density at radius 2 is 1.77 bits per heavy atom. The predicted octanol–water partition coefficient (Wildman–Crippen LogP) is 2.23. The van der Waals surface area contributed by atoms with E-state index in [2.05, 4.69) is 10.6 Å². The van der Waals surface area contributed by atoms with Crippen molar-refractivity contribution in [3.8, 4) is 0 Å². The van der Waals surface area contributed by atoms with Crippen molar-refractivity contribution in [3.63, 3.8) is 0 Å². The van der Waals surface area contributed by atoms with Crippen LogP contribution in [0.15, 0.2) is 48.5 Å². The fraction of sp³-hybridized carbons (Fsp3) is 0.273. The fourth-order valence-electron chi connectivity index (χ4n) is 3.99. The molecule has 0 saturated carbocycles. The van der Waals surface area contributed by atoms with Gasteiger partial charge in [-0.05, 0) is 43.2 Å². The van der Waals surface area contributed by atoms with Crippen molar-refractivity contribution < 1.29 is 19.2 Å². The molecule has 2 aromatic rings. The molecule has 8 heteroatoms. The summed E-state index contributed by atoms with van der Waals surface area (Å²) >= 11 is 0.